The van der Waals surface area contributed by atoms with Gasteiger partial charge in [0.1, 0.15) is 0 Å². The first kappa shape index (κ1) is 14.1. The quantitative estimate of drug-likeness (QED) is 0.861. The molecule has 0 saturated carbocycles. The van der Waals surface area contributed by atoms with Gasteiger partial charge in [-0.25, -0.2) is 4.79 Å². The zero-order chi connectivity index (χ0) is 14.8. The molecule has 0 spiro atoms. The molecule has 7 nitrogen and oxygen atoms in total. The van der Waals surface area contributed by atoms with Crippen LogP contribution in [0, 0.1) is 6.92 Å². The van der Waals surface area contributed by atoms with Gasteiger partial charge in [0.05, 0.1) is 19.3 Å². The summed E-state index contributed by atoms with van der Waals surface area (Å²) in [5, 5.41) is 6.98. The number of rotatable bonds is 4. The van der Waals surface area contributed by atoms with Gasteiger partial charge in [-0.3, -0.25) is 19.3 Å². The molecule has 0 unspecified atom stereocenters. The minimum absolute atomic E-state index is 0.103. The molecule has 1 N–H and O–H groups in total. The van der Waals surface area contributed by atoms with Crippen molar-refractivity contribution in [2.24, 2.45) is 0 Å². The van der Waals surface area contributed by atoms with Gasteiger partial charge in [-0.2, -0.15) is 5.10 Å². The van der Waals surface area contributed by atoms with Crippen LogP contribution < -0.4 is 5.32 Å². The number of imide groups is 1. The highest BCUT2D eigenvalue weighted by atomic mass is 16.2. The molecule has 7 heteroatoms. The van der Waals surface area contributed by atoms with Gasteiger partial charge >= 0.3 is 6.03 Å². The van der Waals surface area contributed by atoms with Crippen LogP contribution in [-0.2, 0) is 11.3 Å². The van der Waals surface area contributed by atoms with Gasteiger partial charge in [-0.15, -0.1) is 0 Å². The van der Waals surface area contributed by atoms with Crippen LogP contribution in [0.4, 0.5) is 4.79 Å². The zero-order valence-electron chi connectivity index (χ0n) is 12.3. The number of likely N-dealkylation sites (tertiary alicyclic amines) is 1. The largest absolute Gasteiger partial charge is 0.336 e. The lowest BCUT2D eigenvalue weighted by atomic mass is 10.2. The lowest BCUT2D eigenvalue weighted by Crippen LogP contribution is -2.44. The number of nitrogens with one attached hydrogen (secondary N) is 1. The molecule has 114 valence electrons. The van der Waals surface area contributed by atoms with Crippen LogP contribution in [0.3, 0.4) is 0 Å². The summed E-state index contributed by atoms with van der Waals surface area (Å²) in [5.41, 5.74) is 1.14. The topological polar surface area (TPSA) is 70.5 Å². The average molecular weight is 291 g/mol. The maximum absolute atomic E-state index is 12.2. The van der Waals surface area contributed by atoms with E-state index in [0.29, 0.717) is 25.7 Å². The van der Waals surface area contributed by atoms with Crippen LogP contribution in [0.5, 0.6) is 0 Å². The smallest absolute Gasteiger partial charge is 0.324 e. The van der Waals surface area contributed by atoms with Crippen LogP contribution in [0.1, 0.15) is 18.4 Å². The Balaban J connectivity index is 1.59. The molecular weight excluding hydrogens is 270 g/mol. The Hall–Kier alpha value is -1.89. The van der Waals surface area contributed by atoms with E-state index in [-0.39, 0.29) is 11.9 Å². The first-order valence-corrected chi connectivity index (χ1v) is 7.45. The number of carbonyl (C=O) groups excluding carboxylic acids is 2. The normalized spacial score (nSPS) is 22.8. The lowest BCUT2D eigenvalue weighted by Gasteiger charge is -2.25. The van der Waals surface area contributed by atoms with Crippen LogP contribution in [0.2, 0.25) is 0 Å². The van der Waals surface area contributed by atoms with E-state index in [1.807, 2.05) is 24.0 Å². The van der Waals surface area contributed by atoms with Crippen molar-refractivity contribution < 1.29 is 9.59 Å². The highest BCUT2D eigenvalue weighted by Crippen LogP contribution is 2.19. The summed E-state index contributed by atoms with van der Waals surface area (Å²) in [6.07, 6.45) is 6.02. The number of hydrogen-bond donors (Lipinski definition) is 1. The maximum Gasteiger partial charge on any atom is 0.324 e. The molecule has 3 heterocycles. The highest BCUT2D eigenvalue weighted by molar-refractivity contribution is 5.96. The molecule has 2 aliphatic rings. The van der Waals surface area contributed by atoms with Crippen LogP contribution in [-0.4, -0.2) is 63.7 Å². The van der Waals surface area contributed by atoms with Gasteiger partial charge < -0.3 is 5.32 Å². The predicted molar refractivity (Wildman–Crippen MR) is 76.7 cm³/mol. The Morgan fingerprint density at radius 1 is 1.48 bits per heavy atom. The van der Waals surface area contributed by atoms with E-state index in [9.17, 15) is 9.59 Å². The van der Waals surface area contributed by atoms with Crippen molar-refractivity contribution in [1.29, 1.82) is 0 Å². The van der Waals surface area contributed by atoms with Crippen molar-refractivity contribution in [3.63, 3.8) is 0 Å². The molecule has 0 aromatic carbocycles. The maximum atomic E-state index is 12.2. The third-order valence-corrected chi connectivity index (χ3v) is 4.16. The Morgan fingerprint density at radius 3 is 3.00 bits per heavy atom. The van der Waals surface area contributed by atoms with E-state index < -0.39 is 0 Å². The molecular formula is C14H21N5O2. The fourth-order valence-electron chi connectivity index (χ4n) is 3.06. The van der Waals surface area contributed by atoms with Crippen LogP contribution in [0.25, 0.3) is 0 Å². The van der Waals surface area contributed by atoms with Crippen LogP contribution >= 0.6 is 0 Å². The number of amides is 3. The molecule has 3 amide bonds. The molecule has 3 rings (SSSR count). The Morgan fingerprint density at radius 2 is 2.33 bits per heavy atom. The molecule has 21 heavy (non-hydrogen) atoms. The molecule has 2 saturated heterocycles. The zero-order valence-corrected chi connectivity index (χ0v) is 12.3. The van der Waals surface area contributed by atoms with Gasteiger partial charge in [0.2, 0.25) is 5.91 Å². The summed E-state index contributed by atoms with van der Waals surface area (Å²) < 4.78 is 1.94. The van der Waals surface area contributed by atoms with E-state index in [1.54, 1.807) is 0 Å². The predicted octanol–water partition coefficient (Wildman–Crippen LogP) is 0.208. The van der Waals surface area contributed by atoms with Crippen LogP contribution in [0.15, 0.2) is 12.4 Å². The second kappa shape index (κ2) is 5.85. The van der Waals surface area contributed by atoms with Gasteiger partial charge in [0.25, 0.3) is 0 Å². The average Bonchev–Trinajstić information content (AvgIpc) is 3.14. The van der Waals surface area contributed by atoms with E-state index >= 15 is 0 Å². The molecule has 0 bridgehead atoms. The van der Waals surface area contributed by atoms with Crippen molar-refractivity contribution in [3.05, 3.63) is 18.0 Å². The Bertz CT molecular complexity index is 541. The first-order valence-electron chi connectivity index (χ1n) is 7.45. The van der Waals surface area contributed by atoms with Gasteiger partial charge in [-0.1, -0.05) is 0 Å². The Kier molecular flexibility index (Phi) is 3.92. The minimum Gasteiger partial charge on any atom is -0.336 e. The first-order chi connectivity index (χ1) is 10.1. The molecule has 2 aliphatic heterocycles. The van der Waals surface area contributed by atoms with Crippen molar-refractivity contribution >= 4 is 11.9 Å². The highest BCUT2D eigenvalue weighted by Gasteiger charge is 2.31. The molecule has 2 fully saturated rings. The number of nitrogens with zero attached hydrogens (tertiary/aromatic N) is 4. The summed E-state index contributed by atoms with van der Waals surface area (Å²) in [5.74, 6) is -0.103. The van der Waals surface area contributed by atoms with E-state index in [4.69, 9.17) is 0 Å². The number of aromatic nitrogens is 2. The van der Waals surface area contributed by atoms with Crippen molar-refractivity contribution in [3.8, 4) is 0 Å². The van der Waals surface area contributed by atoms with Crippen molar-refractivity contribution in [1.82, 2.24) is 24.9 Å². The van der Waals surface area contributed by atoms with E-state index in [0.717, 1.165) is 31.5 Å². The minimum atomic E-state index is -0.265. The molecule has 0 radical (unpaired) electrons. The van der Waals surface area contributed by atoms with E-state index in [1.165, 1.54) is 4.90 Å². The Labute approximate surface area is 123 Å². The monoisotopic (exact) mass is 291 g/mol. The summed E-state index contributed by atoms with van der Waals surface area (Å²) in [7, 11) is 0. The molecule has 1 atom stereocenters. The fourth-order valence-corrected chi connectivity index (χ4v) is 3.06. The lowest BCUT2D eigenvalue weighted by molar-refractivity contribution is -0.129. The van der Waals surface area contributed by atoms with Gasteiger partial charge in [0, 0.05) is 25.3 Å². The number of carbonyl (C=O) groups is 2. The molecule has 1 aromatic rings. The van der Waals surface area contributed by atoms with Gasteiger partial charge in [-0.05, 0) is 31.9 Å². The summed E-state index contributed by atoms with van der Waals surface area (Å²) in [6, 6.07) is 0.0531. The third kappa shape index (κ3) is 3.07. The molecule has 1 aromatic heterocycles. The molecule has 0 aliphatic carbocycles. The van der Waals surface area contributed by atoms with Gasteiger partial charge in [0.15, 0.2) is 0 Å². The standard InChI is InChI=1S/C14H21N5O2/c1-11-7-16-18(8-11)9-12-3-2-5-17(12)10-13(20)19-6-4-15-14(19)21/h7-8,12H,2-6,9-10H2,1H3,(H,15,21)/t12-/m0/s1. The summed E-state index contributed by atoms with van der Waals surface area (Å²) >= 11 is 0. The third-order valence-electron chi connectivity index (χ3n) is 4.16. The number of hydrogen-bond acceptors (Lipinski definition) is 4. The number of urea groups is 1. The SMILES string of the molecule is Cc1cnn(C[C@@H]2CCCN2CC(=O)N2CCNC2=O)c1. The second-order valence-corrected chi connectivity index (χ2v) is 5.78. The van der Waals surface area contributed by atoms with Crippen molar-refractivity contribution in [2.45, 2.75) is 32.4 Å². The van der Waals surface area contributed by atoms with Crippen molar-refractivity contribution in [2.75, 3.05) is 26.2 Å². The summed E-state index contributed by atoms with van der Waals surface area (Å²) in [4.78, 5) is 27.2. The van der Waals surface area contributed by atoms with E-state index in [2.05, 4.69) is 15.3 Å². The fraction of sp³-hybridized carbons (Fsp3) is 0.643. The summed E-state index contributed by atoms with van der Waals surface area (Å²) in [6.45, 7) is 5.08. The number of aryl methyl sites for hydroxylation is 1. The second-order valence-electron chi connectivity index (χ2n) is 5.78.